The normalized spacial score (nSPS) is 11.2. The van der Waals surface area contributed by atoms with Crippen LogP contribution in [0.1, 0.15) is 0 Å². The highest BCUT2D eigenvalue weighted by Gasteiger charge is 2.37. The van der Waals surface area contributed by atoms with E-state index in [0.717, 1.165) is 0 Å². The largest absolute Gasteiger partial charge is 0.471 e. The molecule has 0 heterocycles. The molecule has 0 saturated carbocycles. The van der Waals surface area contributed by atoms with Crippen molar-refractivity contribution in [3.63, 3.8) is 0 Å². The van der Waals surface area contributed by atoms with Crippen LogP contribution in [-0.2, 0) is 4.79 Å². The van der Waals surface area contributed by atoms with E-state index in [1.165, 1.54) is 0 Å². The molecule has 0 aliphatic heterocycles. The Balaban J connectivity index is 3.64. The SMILES string of the molecule is O=C(NCCBr)C(F)(F)F. The standard InChI is InChI=1S/C4H5BrF3NO/c5-1-2-9-3(10)4(6,7)8/h1-2H2,(H,9,10). The monoisotopic (exact) mass is 219 g/mol. The molecule has 10 heavy (non-hydrogen) atoms. The second-order valence-corrected chi connectivity index (χ2v) is 2.24. The van der Waals surface area contributed by atoms with E-state index in [-0.39, 0.29) is 6.54 Å². The summed E-state index contributed by atoms with van der Waals surface area (Å²) in [6, 6.07) is 0. The molecule has 0 aromatic rings. The molecule has 0 rings (SSSR count). The minimum absolute atomic E-state index is 0.0155. The fourth-order valence-electron chi connectivity index (χ4n) is 0.261. The molecule has 0 radical (unpaired) electrons. The van der Waals surface area contributed by atoms with Crippen molar-refractivity contribution in [1.82, 2.24) is 5.32 Å². The Kier molecular flexibility index (Phi) is 3.70. The van der Waals surface area contributed by atoms with Gasteiger partial charge in [0.25, 0.3) is 0 Å². The Bertz CT molecular complexity index is 124. The molecule has 1 amide bonds. The van der Waals surface area contributed by atoms with Gasteiger partial charge in [-0.1, -0.05) is 15.9 Å². The van der Waals surface area contributed by atoms with E-state index in [9.17, 15) is 18.0 Å². The molecule has 2 nitrogen and oxygen atoms in total. The quantitative estimate of drug-likeness (QED) is 0.692. The van der Waals surface area contributed by atoms with Crippen molar-refractivity contribution in [2.45, 2.75) is 6.18 Å². The molecule has 0 aliphatic carbocycles. The molecular weight excluding hydrogens is 215 g/mol. The van der Waals surface area contributed by atoms with Crippen LogP contribution in [0.25, 0.3) is 0 Å². The summed E-state index contributed by atoms with van der Waals surface area (Å²) in [7, 11) is 0. The summed E-state index contributed by atoms with van der Waals surface area (Å²) in [5.74, 6) is -1.90. The zero-order valence-electron chi connectivity index (χ0n) is 4.83. The van der Waals surface area contributed by atoms with E-state index in [1.807, 2.05) is 0 Å². The van der Waals surface area contributed by atoms with Crippen molar-refractivity contribution >= 4 is 21.8 Å². The number of hydrogen-bond donors (Lipinski definition) is 1. The number of rotatable bonds is 2. The Morgan fingerprint density at radius 3 is 2.30 bits per heavy atom. The minimum Gasteiger partial charge on any atom is -0.347 e. The van der Waals surface area contributed by atoms with Crippen LogP contribution in [0.4, 0.5) is 13.2 Å². The number of alkyl halides is 4. The van der Waals surface area contributed by atoms with Crippen molar-refractivity contribution < 1.29 is 18.0 Å². The highest BCUT2D eigenvalue weighted by atomic mass is 79.9. The van der Waals surface area contributed by atoms with Gasteiger partial charge >= 0.3 is 12.1 Å². The highest BCUT2D eigenvalue weighted by Crippen LogP contribution is 2.13. The first-order valence-corrected chi connectivity index (χ1v) is 3.51. The second-order valence-electron chi connectivity index (χ2n) is 1.44. The molecule has 0 aromatic heterocycles. The Labute approximate surface area is 63.9 Å². The van der Waals surface area contributed by atoms with Crippen molar-refractivity contribution in [3.05, 3.63) is 0 Å². The van der Waals surface area contributed by atoms with Gasteiger partial charge in [0.2, 0.25) is 0 Å². The molecule has 0 spiro atoms. The number of hydrogen-bond acceptors (Lipinski definition) is 1. The van der Waals surface area contributed by atoms with Gasteiger partial charge in [-0.2, -0.15) is 13.2 Å². The van der Waals surface area contributed by atoms with Crippen LogP contribution in [0.2, 0.25) is 0 Å². The summed E-state index contributed by atoms with van der Waals surface area (Å²) >= 11 is 2.86. The summed E-state index contributed by atoms with van der Waals surface area (Å²) in [4.78, 5) is 9.97. The smallest absolute Gasteiger partial charge is 0.347 e. The number of nitrogens with one attached hydrogen (secondary N) is 1. The van der Waals surface area contributed by atoms with Crippen molar-refractivity contribution in [1.29, 1.82) is 0 Å². The van der Waals surface area contributed by atoms with E-state index in [2.05, 4.69) is 15.9 Å². The third-order valence-corrected chi connectivity index (χ3v) is 1.03. The Hall–Kier alpha value is -0.260. The molecule has 6 heteroatoms. The maximum Gasteiger partial charge on any atom is 0.471 e. The fourth-order valence-corrected chi connectivity index (χ4v) is 0.459. The Morgan fingerprint density at radius 1 is 1.50 bits per heavy atom. The summed E-state index contributed by atoms with van der Waals surface area (Å²) in [5, 5.41) is 1.98. The number of carbonyl (C=O) groups is 1. The first kappa shape index (κ1) is 9.74. The first-order valence-electron chi connectivity index (χ1n) is 2.39. The molecule has 1 N–H and O–H groups in total. The van der Waals surface area contributed by atoms with E-state index in [4.69, 9.17) is 0 Å². The minimum atomic E-state index is -4.76. The van der Waals surface area contributed by atoms with Gasteiger partial charge in [-0.15, -0.1) is 0 Å². The number of amides is 1. The Morgan fingerprint density at radius 2 is 2.00 bits per heavy atom. The molecule has 0 bridgehead atoms. The topological polar surface area (TPSA) is 29.1 Å². The van der Waals surface area contributed by atoms with Gasteiger partial charge in [-0.05, 0) is 0 Å². The van der Waals surface area contributed by atoms with Crippen LogP contribution in [0.3, 0.4) is 0 Å². The van der Waals surface area contributed by atoms with Crippen LogP contribution < -0.4 is 5.32 Å². The molecule has 0 atom stereocenters. The van der Waals surface area contributed by atoms with Gasteiger partial charge in [-0.25, -0.2) is 0 Å². The van der Waals surface area contributed by atoms with Gasteiger partial charge in [0.1, 0.15) is 0 Å². The molecule has 0 unspecified atom stereocenters. The van der Waals surface area contributed by atoms with Gasteiger partial charge < -0.3 is 5.32 Å². The van der Waals surface area contributed by atoms with E-state index >= 15 is 0 Å². The van der Waals surface area contributed by atoms with E-state index in [1.54, 1.807) is 5.32 Å². The van der Waals surface area contributed by atoms with E-state index < -0.39 is 12.1 Å². The van der Waals surface area contributed by atoms with Crippen LogP contribution >= 0.6 is 15.9 Å². The fraction of sp³-hybridized carbons (Fsp3) is 0.750. The molecule has 0 aliphatic rings. The van der Waals surface area contributed by atoms with Gasteiger partial charge in [-0.3, -0.25) is 4.79 Å². The van der Waals surface area contributed by atoms with Crippen molar-refractivity contribution in [2.24, 2.45) is 0 Å². The van der Waals surface area contributed by atoms with Crippen LogP contribution in [0.5, 0.6) is 0 Å². The van der Waals surface area contributed by atoms with Gasteiger partial charge in [0, 0.05) is 11.9 Å². The lowest BCUT2D eigenvalue weighted by Crippen LogP contribution is -2.37. The zero-order valence-corrected chi connectivity index (χ0v) is 6.42. The molecule has 60 valence electrons. The summed E-state index contributed by atoms with van der Waals surface area (Å²) in [5.41, 5.74) is 0. The highest BCUT2D eigenvalue weighted by molar-refractivity contribution is 9.09. The van der Waals surface area contributed by atoms with Crippen LogP contribution in [-0.4, -0.2) is 24.0 Å². The molecule has 0 aromatic carbocycles. The third kappa shape index (κ3) is 3.71. The average molecular weight is 220 g/mol. The third-order valence-electron chi connectivity index (χ3n) is 0.638. The zero-order chi connectivity index (χ0) is 8.20. The van der Waals surface area contributed by atoms with E-state index in [0.29, 0.717) is 5.33 Å². The van der Waals surface area contributed by atoms with Gasteiger partial charge in [0.15, 0.2) is 0 Å². The predicted molar refractivity (Wildman–Crippen MR) is 32.9 cm³/mol. The molecule has 0 fully saturated rings. The first-order chi connectivity index (χ1) is 4.48. The average Bonchev–Trinajstić information content (AvgIpc) is 1.80. The lowest BCUT2D eigenvalue weighted by atomic mass is 10.6. The van der Waals surface area contributed by atoms with Crippen molar-refractivity contribution in [3.8, 4) is 0 Å². The lowest BCUT2D eigenvalue weighted by molar-refractivity contribution is -0.173. The maximum absolute atomic E-state index is 11.3. The number of carbonyl (C=O) groups excluding carboxylic acids is 1. The van der Waals surface area contributed by atoms with Crippen molar-refractivity contribution in [2.75, 3.05) is 11.9 Å². The van der Waals surface area contributed by atoms with Gasteiger partial charge in [0.05, 0.1) is 0 Å². The summed E-state index contributed by atoms with van der Waals surface area (Å²) in [6.45, 7) is -0.0155. The number of halogens is 4. The van der Waals surface area contributed by atoms with Crippen LogP contribution in [0, 0.1) is 0 Å². The molecular formula is C4H5BrF3NO. The summed E-state index contributed by atoms with van der Waals surface area (Å²) in [6.07, 6.45) is -4.76. The van der Waals surface area contributed by atoms with Crippen LogP contribution in [0.15, 0.2) is 0 Å². The predicted octanol–water partition coefficient (Wildman–Crippen LogP) is 1.06. The summed E-state index contributed by atoms with van der Waals surface area (Å²) < 4.78 is 34.0. The second kappa shape index (κ2) is 3.80. The maximum atomic E-state index is 11.3. The lowest BCUT2D eigenvalue weighted by Gasteiger charge is -2.04. The molecule has 0 saturated heterocycles.